The highest BCUT2D eigenvalue weighted by Crippen LogP contribution is 2.22. The van der Waals surface area contributed by atoms with Gasteiger partial charge in [0.05, 0.1) is 12.4 Å². The molecule has 0 unspecified atom stereocenters. The summed E-state index contributed by atoms with van der Waals surface area (Å²) in [6.45, 7) is 2.54. The maximum Gasteiger partial charge on any atom is 0.236 e. The number of aromatic nitrogens is 5. The monoisotopic (exact) mass is 438 g/mol. The average molecular weight is 439 g/mol. The zero-order valence-corrected chi connectivity index (χ0v) is 17.8. The van der Waals surface area contributed by atoms with Crippen LogP contribution in [0, 0.1) is 6.92 Å². The van der Waals surface area contributed by atoms with Gasteiger partial charge >= 0.3 is 0 Å². The molecule has 8 nitrogen and oxygen atoms in total. The van der Waals surface area contributed by atoms with Crippen LogP contribution in [0.5, 0.6) is 5.75 Å². The number of anilines is 1. The second-order valence-corrected chi connectivity index (χ2v) is 8.11. The third-order valence-electron chi connectivity index (χ3n) is 3.80. The molecule has 0 bridgehead atoms. The first kappa shape index (κ1) is 20.6. The quantitative estimate of drug-likeness (QED) is 0.404. The fourth-order valence-electron chi connectivity index (χ4n) is 2.39. The first-order valence-electron chi connectivity index (χ1n) is 8.49. The highest BCUT2D eigenvalue weighted by atomic mass is 35.5. The van der Waals surface area contributed by atoms with E-state index in [0.29, 0.717) is 21.9 Å². The van der Waals surface area contributed by atoms with E-state index in [1.54, 1.807) is 5.51 Å². The SMILES string of the molecule is Cc1cc(Cl)ccc1OCCCc1nnc(SCC(=O)Nc2nncs2)n1C. The molecule has 0 fully saturated rings. The van der Waals surface area contributed by atoms with Gasteiger partial charge in [0.1, 0.15) is 17.1 Å². The van der Waals surface area contributed by atoms with Gasteiger partial charge in [0.2, 0.25) is 11.0 Å². The van der Waals surface area contributed by atoms with Crippen LogP contribution < -0.4 is 10.1 Å². The molecule has 0 radical (unpaired) electrons. The number of hydrogen-bond acceptors (Lipinski definition) is 8. The summed E-state index contributed by atoms with van der Waals surface area (Å²) in [5.41, 5.74) is 2.58. The summed E-state index contributed by atoms with van der Waals surface area (Å²) in [6.07, 6.45) is 1.53. The molecule has 1 amide bonds. The summed E-state index contributed by atoms with van der Waals surface area (Å²) in [5.74, 6) is 1.76. The lowest BCUT2D eigenvalue weighted by Gasteiger charge is -2.09. The van der Waals surface area contributed by atoms with Crippen LogP contribution >= 0.6 is 34.7 Å². The molecule has 148 valence electrons. The molecule has 28 heavy (non-hydrogen) atoms. The van der Waals surface area contributed by atoms with Crippen molar-refractivity contribution >= 4 is 45.7 Å². The van der Waals surface area contributed by atoms with E-state index in [1.165, 1.54) is 23.1 Å². The van der Waals surface area contributed by atoms with Crippen molar-refractivity contribution in [2.45, 2.75) is 24.9 Å². The van der Waals surface area contributed by atoms with E-state index in [4.69, 9.17) is 16.3 Å². The zero-order chi connectivity index (χ0) is 19.9. The van der Waals surface area contributed by atoms with Crippen molar-refractivity contribution in [3.8, 4) is 5.75 Å². The fraction of sp³-hybridized carbons (Fsp3) is 0.353. The van der Waals surface area contributed by atoms with Crippen LogP contribution in [-0.2, 0) is 18.3 Å². The summed E-state index contributed by atoms with van der Waals surface area (Å²) >= 11 is 8.56. The zero-order valence-electron chi connectivity index (χ0n) is 15.4. The smallest absolute Gasteiger partial charge is 0.236 e. The molecule has 0 saturated carbocycles. The predicted octanol–water partition coefficient (Wildman–Crippen LogP) is 3.37. The molecule has 0 saturated heterocycles. The van der Waals surface area contributed by atoms with Crippen LogP contribution in [0.3, 0.4) is 0 Å². The third-order valence-corrected chi connectivity index (χ3v) is 5.67. The number of nitrogens with one attached hydrogen (secondary N) is 1. The number of amides is 1. The lowest BCUT2D eigenvalue weighted by atomic mass is 10.2. The molecule has 0 aliphatic carbocycles. The number of carbonyl (C=O) groups excluding carboxylic acids is 1. The molecule has 1 N–H and O–H groups in total. The molecule has 0 aliphatic rings. The maximum absolute atomic E-state index is 11.9. The van der Waals surface area contributed by atoms with Crippen molar-refractivity contribution in [1.82, 2.24) is 25.0 Å². The van der Waals surface area contributed by atoms with Crippen molar-refractivity contribution in [2.24, 2.45) is 7.05 Å². The van der Waals surface area contributed by atoms with Crippen LogP contribution in [0.4, 0.5) is 5.13 Å². The fourth-order valence-corrected chi connectivity index (χ4v) is 3.81. The number of halogens is 1. The molecular formula is C17H19ClN6O2S2. The molecule has 3 aromatic rings. The Morgan fingerprint density at radius 3 is 2.96 bits per heavy atom. The minimum atomic E-state index is -0.155. The van der Waals surface area contributed by atoms with Gasteiger partial charge in [0.15, 0.2) is 5.16 Å². The Bertz CT molecular complexity index is 932. The predicted molar refractivity (Wildman–Crippen MR) is 110 cm³/mol. The normalized spacial score (nSPS) is 10.8. The molecule has 0 aliphatic heterocycles. The number of benzene rings is 1. The van der Waals surface area contributed by atoms with Crippen molar-refractivity contribution in [1.29, 1.82) is 0 Å². The lowest BCUT2D eigenvalue weighted by molar-refractivity contribution is -0.113. The van der Waals surface area contributed by atoms with E-state index in [-0.39, 0.29) is 11.7 Å². The van der Waals surface area contributed by atoms with Gasteiger partial charge in [-0.1, -0.05) is 34.7 Å². The van der Waals surface area contributed by atoms with Crippen molar-refractivity contribution in [3.05, 3.63) is 40.1 Å². The molecular weight excluding hydrogens is 420 g/mol. The molecule has 1 aromatic carbocycles. The van der Waals surface area contributed by atoms with Crippen LogP contribution in [0.25, 0.3) is 0 Å². The second-order valence-electron chi connectivity index (χ2n) is 5.90. The van der Waals surface area contributed by atoms with Crippen LogP contribution in [0.1, 0.15) is 17.8 Å². The number of carbonyl (C=O) groups is 1. The largest absolute Gasteiger partial charge is 0.493 e. The van der Waals surface area contributed by atoms with Gasteiger partial charge in [-0.3, -0.25) is 10.1 Å². The molecule has 0 atom stereocenters. The number of rotatable bonds is 9. The Labute approximate surface area is 175 Å². The Kier molecular flexibility index (Phi) is 7.24. The Hall–Kier alpha value is -2.17. The molecule has 3 rings (SSSR count). The third kappa shape index (κ3) is 5.66. The minimum absolute atomic E-state index is 0.155. The van der Waals surface area contributed by atoms with Crippen molar-refractivity contribution < 1.29 is 9.53 Å². The summed E-state index contributed by atoms with van der Waals surface area (Å²) in [6, 6.07) is 5.57. The van der Waals surface area contributed by atoms with E-state index in [1.807, 2.05) is 36.7 Å². The molecule has 11 heteroatoms. The van der Waals surface area contributed by atoms with Crippen LogP contribution in [0.2, 0.25) is 5.02 Å². The second kappa shape index (κ2) is 9.85. The van der Waals surface area contributed by atoms with Gasteiger partial charge in [0, 0.05) is 18.5 Å². The van der Waals surface area contributed by atoms with E-state index >= 15 is 0 Å². The highest BCUT2D eigenvalue weighted by molar-refractivity contribution is 7.99. The van der Waals surface area contributed by atoms with Crippen LogP contribution in [-0.4, -0.2) is 43.2 Å². The first-order valence-corrected chi connectivity index (χ1v) is 10.7. The van der Waals surface area contributed by atoms with Gasteiger partial charge in [-0.15, -0.1) is 20.4 Å². The minimum Gasteiger partial charge on any atom is -0.493 e. The standard InChI is InChI=1S/C17H19ClN6O2S2/c1-11-8-12(18)5-6-13(11)26-7-3-4-14-21-23-17(24(14)2)27-9-15(25)20-16-22-19-10-28-16/h5-6,8,10H,3-4,7,9H2,1-2H3,(H,20,22,25). The number of nitrogens with zero attached hydrogens (tertiary/aromatic N) is 5. The Morgan fingerprint density at radius 1 is 1.36 bits per heavy atom. The van der Waals surface area contributed by atoms with E-state index in [2.05, 4.69) is 25.7 Å². The number of aryl methyl sites for hydroxylation is 2. The summed E-state index contributed by atoms with van der Waals surface area (Å²) < 4.78 is 7.70. The lowest BCUT2D eigenvalue weighted by Crippen LogP contribution is -2.14. The first-order chi connectivity index (χ1) is 13.5. The van der Waals surface area contributed by atoms with Gasteiger partial charge < -0.3 is 9.30 Å². The van der Waals surface area contributed by atoms with E-state index < -0.39 is 0 Å². The Balaban J connectivity index is 1.43. The van der Waals surface area contributed by atoms with Crippen molar-refractivity contribution in [2.75, 3.05) is 17.7 Å². The maximum atomic E-state index is 11.9. The average Bonchev–Trinajstić information content (AvgIpc) is 3.29. The van der Waals surface area contributed by atoms with Gasteiger partial charge in [-0.2, -0.15) is 0 Å². The number of hydrogen-bond donors (Lipinski definition) is 1. The molecule has 0 spiro atoms. The van der Waals surface area contributed by atoms with Gasteiger partial charge in [0.25, 0.3) is 0 Å². The van der Waals surface area contributed by atoms with E-state index in [9.17, 15) is 4.79 Å². The topological polar surface area (TPSA) is 94.8 Å². The van der Waals surface area contributed by atoms with Crippen molar-refractivity contribution in [3.63, 3.8) is 0 Å². The molecule has 2 heterocycles. The Morgan fingerprint density at radius 2 is 2.21 bits per heavy atom. The summed E-state index contributed by atoms with van der Waals surface area (Å²) in [4.78, 5) is 11.9. The van der Waals surface area contributed by atoms with E-state index in [0.717, 1.165) is 30.0 Å². The summed E-state index contributed by atoms with van der Waals surface area (Å²) in [5, 5.41) is 20.4. The van der Waals surface area contributed by atoms with Gasteiger partial charge in [-0.25, -0.2) is 0 Å². The highest BCUT2D eigenvalue weighted by Gasteiger charge is 2.12. The number of thioether (sulfide) groups is 1. The molecule has 2 aromatic heterocycles. The number of ether oxygens (including phenoxy) is 1. The van der Waals surface area contributed by atoms with Gasteiger partial charge in [-0.05, 0) is 37.1 Å². The summed E-state index contributed by atoms with van der Waals surface area (Å²) in [7, 11) is 1.89. The van der Waals surface area contributed by atoms with Crippen LogP contribution in [0.15, 0.2) is 28.9 Å².